The first-order valence-corrected chi connectivity index (χ1v) is 12.7. The van der Waals surface area contributed by atoms with E-state index in [-0.39, 0.29) is 11.7 Å². The molecule has 1 fully saturated rings. The number of carbonyl (C=O) groups excluding carboxylic acids is 1. The Labute approximate surface area is 211 Å². The lowest BCUT2D eigenvalue weighted by molar-refractivity contribution is 0.0922. The second-order valence-corrected chi connectivity index (χ2v) is 9.99. The van der Waals surface area contributed by atoms with Gasteiger partial charge in [-0.15, -0.1) is 0 Å². The predicted molar refractivity (Wildman–Crippen MR) is 143 cm³/mol. The number of rotatable bonds is 5. The Balaban J connectivity index is 1.36. The second-order valence-electron chi connectivity index (χ2n) is 9.99. The predicted octanol–water partition coefficient (Wildman–Crippen LogP) is 5.90. The number of hydrogen-bond donors (Lipinski definition) is 2. The van der Waals surface area contributed by atoms with E-state index in [1.807, 2.05) is 19.1 Å². The fraction of sp³-hybridized carbons (Fsp3) is 0.345. The average molecular weight is 486 g/mol. The first-order chi connectivity index (χ1) is 17.4. The minimum atomic E-state index is -0.543. The summed E-state index contributed by atoms with van der Waals surface area (Å²) in [5.41, 5.74) is 2.89. The third kappa shape index (κ3) is 5.40. The Morgan fingerprint density at radius 3 is 2.47 bits per heavy atom. The van der Waals surface area contributed by atoms with Gasteiger partial charge in [-0.2, -0.15) is 4.98 Å². The molecule has 2 aliphatic rings. The molecule has 0 radical (unpaired) electrons. The Bertz CT molecular complexity index is 1330. The van der Waals surface area contributed by atoms with Crippen LogP contribution in [0.3, 0.4) is 0 Å². The molecular formula is C29H32FN5O. The van der Waals surface area contributed by atoms with Crippen molar-refractivity contribution in [2.75, 3.05) is 23.3 Å². The Morgan fingerprint density at radius 1 is 1.03 bits per heavy atom. The van der Waals surface area contributed by atoms with Crippen molar-refractivity contribution in [3.8, 4) is 0 Å². The molecule has 1 aliphatic heterocycles. The molecule has 1 aromatic heterocycles. The molecule has 7 heteroatoms. The van der Waals surface area contributed by atoms with Crippen LogP contribution in [0.5, 0.6) is 0 Å². The summed E-state index contributed by atoms with van der Waals surface area (Å²) in [4.78, 5) is 24.8. The maximum absolute atomic E-state index is 13.2. The van der Waals surface area contributed by atoms with E-state index in [4.69, 9.17) is 9.97 Å². The van der Waals surface area contributed by atoms with Gasteiger partial charge < -0.3 is 15.5 Å². The molecule has 2 heterocycles. The van der Waals surface area contributed by atoms with E-state index in [0.717, 1.165) is 59.9 Å². The largest absolute Gasteiger partial charge is 0.343 e. The number of halogens is 1. The highest BCUT2D eigenvalue weighted by Gasteiger charge is 2.26. The summed E-state index contributed by atoms with van der Waals surface area (Å²) in [6.07, 6.45) is 11.5. The molecule has 0 spiro atoms. The van der Waals surface area contributed by atoms with Crippen LogP contribution in [-0.4, -0.2) is 34.5 Å². The number of nitrogens with one attached hydrogen (secondary N) is 2. The fourth-order valence-electron chi connectivity index (χ4n) is 4.72. The molecular weight excluding hydrogens is 453 g/mol. The Kier molecular flexibility index (Phi) is 6.72. The molecule has 186 valence electrons. The smallest absolute Gasteiger partial charge is 0.251 e. The number of benzene rings is 2. The molecule has 1 saturated heterocycles. The van der Waals surface area contributed by atoms with Crippen LogP contribution in [0.25, 0.3) is 10.9 Å². The van der Waals surface area contributed by atoms with E-state index < -0.39 is 5.54 Å². The third-order valence-corrected chi connectivity index (χ3v) is 6.87. The molecule has 3 aromatic rings. The topological polar surface area (TPSA) is 70.2 Å². The first-order valence-electron chi connectivity index (χ1n) is 12.7. The van der Waals surface area contributed by atoms with Gasteiger partial charge in [-0.1, -0.05) is 36.6 Å². The Morgan fingerprint density at radius 2 is 1.78 bits per heavy atom. The van der Waals surface area contributed by atoms with Crippen LogP contribution in [0, 0.1) is 12.7 Å². The Hall–Kier alpha value is -3.74. The van der Waals surface area contributed by atoms with E-state index in [9.17, 15) is 9.18 Å². The molecule has 2 aromatic carbocycles. The van der Waals surface area contributed by atoms with Gasteiger partial charge in [0.25, 0.3) is 5.91 Å². The number of aromatic nitrogens is 2. The first kappa shape index (κ1) is 24.0. The lowest BCUT2D eigenvalue weighted by atomic mass is 9.92. The summed E-state index contributed by atoms with van der Waals surface area (Å²) in [5.74, 6) is 0.970. The highest BCUT2D eigenvalue weighted by molar-refractivity contribution is 5.95. The van der Waals surface area contributed by atoms with Gasteiger partial charge in [0.2, 0.25) is 5.95 Å². The van der Waals surface area contributed by atoms with Crippen molar-refractivity contribution in [1.82, 2.24) is 15.3 Å². The number of fused-ring (bicyclic) bond motifs is 1. The molecule has 1 atom stereocenters. The maximum Gasteiger partial charge on any atom is 0.251 e. The number of allylic oxidation sites excluding steroid dienone is 1. The average Bonchev–Trinajstić information content (AvgIpc) is 3.16. The van der Waals surface area contributed by atoms with E-state index in [0.29, 0.717) is 12.0 Å². The van der Waals surface area contributed by atoms with Crippen molar-refractivity contribution in [2.45, 2.75) is 51.5 Å². The van der Waals surface area contributed by atoms with Gasteiger partial charge in [-0.3, -0.25) is 4.79 Å². The minimum Gasteiger partial charge on any atom is -0.343 e. The number of aryl methyl sites for hydroxylation is 1. The fourth-order valence-corrected chi connectivity index (χ4v) is 4.72. The van der Waals surface area contributed by atoms with Crippen LogP contribution in [0.15, 0.2) is 66.4 Å². The number of hydrogen-bond acceptors (Lipinski definition) is 5. The summed E-state index contributed by atoms with van der Waals surface area (Å²) >= 11 is 0. The standard InChI is InChI=1S/C29H32FN5O/c1-20-7-12-25-24(19-20)26(33-28(32-25)35-17-5-3-4-6-18-35)31-23-13-15-29(2,16-14-23)34-27(36)21-8-10-22(30)11-9-21/h7-15,19H,3-6,16-18H2,1-2H3,(H,34,36)(H,31,32,33)/t29-/m0/s1. The van der Waals surface area contributed by atoms with Crippen molar-refractivity contribution in [1.29, 1.82) is 0 Å². The van der Waals surface area contributed by atoms with Crippen molar-refractivity contribution in [2.24, 2.45) is 0 Å². The molecule has 0 unspecified atom stereocenters. The number of carbonyl (C=O) groups is 1. The van der Waals surface area contributed by atoms with E-state index in [2.05, 4.69) is 46.7 Å². The molecule has 5 rings (SSSR count). The lowest BCUT2D eigenvalue weighted by Gasteiger charge is -2.29. The van der Waals surface area contributed by atoms with Gasteiger partial charge in [-0.05, 0) is 75.6 Å². The van der Waals surface area contributed by atoms with Crippen LogP contribution < -0.4 is 15.5 Å². The van der Waals surface area contributed by atoms with Crippen molar-refractivity contribution >= 4 is 28.6 Å². The molecule has 6 nitrogen and oxygen atoms in total. The van der Waals surface area contributed by atoms with Crippen LogP contribution in [0.1, 0.15) is 54.9 Å². The van der Waals surface area contributed by atoms with Gasteiger partial charge in [0.05, 0.1) is 11.1 Å². The summed E-state index contributed by atoms with van der Waals surface area (Å²) < 4.78 is 13.2. The highest BCUT2D eigenvalue weighted by atomic mass is 19.1. The van der Waals surface area contributed by atoms with Gasteiger partial charge >= 0.3 is 0 Å². The lowest BCUT2D eigenvalue weighted by Crippen LogP contribution is -2.45. The van der Waals surface area contributed by atoms with Crippen LogP contribution in [-0.2, 0) is 0 Å². The summed E-state index contributed by atoms with van der Waals surface area (Å²) in [7, 11) is 0. The van der Waals surface area contributed by atoms with Crippen molar-refractivity contribution in [3.05, 3.63) is 83.3 Å². The van der Waals surface area contributed by atoms with E-state index in [1.165, 1.54) is 37.1 Å². The van der Waals surface area contributed by atoms with Gasteiger partial charge in [-0.25, -0.2) is 9.37 Å². The van der Waals surface area contributed by atoms with Crippen molar-refractivity contribution in [3.63, 3.8) is 0 Å². The minimum absolute atomic E-state index is 0.230. The molecule has 1 amide bonds. The highest BCUT2D eigenvalue weighted by Crippen LogP contribution is 2.29. The monoisotopic (exact) mass is 485 g/mol. The molecule has 0 saturated carbocycles. The van der Waals surface area contributed by atoms with Crippen LogP contribution in [0.4, 0.5) is 16.2 Å². The van der Waals surface area contributed by atoms with Gasteiger partial charge in [0, 0.05) is 29.7 Å². The second kappa shape index (κ2) is 10.1. The molecule has 1 aliphatic carbocycles. The summed E-state index contributed by atoms with van der Waals surface area (Å²) in [6.45, 7) is 6.00. The molecule has 0 bridgehead atoms. The number of anilines is 2. The molecule has 2 N–H and O–H groups in total. The summed E-state index contributed by atoms with van der Waals surface area (Å²) in [5, 5.41) is 7.56. The zero-order valence-electron chi connectivity index (χ0n) is 20.9. The van der Waals surface area contributed by atoms with Crippen molar-refractivity contribution < 1.29 is 9.18 Å². The summed E-state index contributed by atoms with van der Waals surface area (Å²) in [6, 6.07) is 11.8. The van der Waals surface area contributed by atoms with E-state index >= 15 is 0 Å². The number of nitrogens with zero attached hydrogens (tertiary/aromatic N) is 3. The quantitative estimate of drug-likeness (QED) is 0.471. The number of amides is 1. The van der Waals surface area contributed by atoms with Gasteiger partial charge in [0.1, 0.15) is 11.6 Å². The van der Waals surface area contributed by atoms with E-state index in [1.54, 1.807) is 0 Å². The SMILES string of the molecule is Cc1ccc2nc(N3CCCCCC3)nc(NC3=CC[C@@](C)(NC(=O)c4ccc(F)cc4)C=C3)c2c1. The van der Waals surface area contributed by atoms with Gasteiger partial charge in [0.15, 0.2) is 0 Å². The zero-order chi connectivity index (χ0) is 25.1. The normalized spacial score (nSPS) is 20.1. The maximum atomic E-state index is 13.2. The third-order valence-electron chi connectivity index (χ3n) is 6.87. The zero-order valence-corrected chi connectivity index (χ0v) is 20.9. The molecule has 36 heavy (non-hydrogen) atoms. The van der Waals surface area contributed by atoms with Crippen LogP contribution in [0.2, 0.25) is 0 Å². The van der Waals surface area contributed by atoms with Crippen LogP contribution >= 0.6 is 0 Å².